The molecule has 3 rings (SSSR count). The van der Waals surface area contributed by atoms with E-state index in [-0.39, 0.29) is 0 Å². The quantitative estimate of drug-likeness (QED) is 0.509. The largest absolute Gasteiger partial charge is 0.364 e. The molecule has 1 N–H and O–H groups in total. The Hall–Kier alpha value is 0.240. The summed E-state index contributed by atoms with van der Waals surface area (Å²) in [4.78, 5) is 0. The van der Waals surface area contributed by atoms with Gasteiger partial charge < -0.3 is 5.32 Å². The van der Waals surface area contributed by atoms with E-state index in [1.54, 1.807) is 0 Å². The van der Waals surface area contributed by atoms with Crippen molar-refractivity contribution in [1.82, 2.24) is 5.32 Å². The minimum Gasteiger partial charge on any atom is -0.364 e. The lowest BCUT2D eigenvalue weighted by molar-refractivity contribution is 0.160. The van der Waals surface area contributed by atoms with Gasteiger partial charge >= 0.3 is 0 Å². The topological polar surface area (TPSA) is 12.0 Å². The molecule has 0 amide bonds. The summed E-state index contributed by atoms with van der Waals surface area (Å²) in [5.41, 5.74) is 0.351. The van der Waals surface area contributed by atoms with Crippen molar-refractivity contribution >= 4 is 28.3 Å². The zero-order valence-corrected chi connectivity index (χ0v) is 17.3. The number of thioether (sulfide) groups is 1. The molecule has 0 aromatic rings. The Labute approximate surface area is 159 Å². The summed E-state index contributed by atoms with van der Waals surface area (Å²) in [5.74, 6) is 1.78. The molecule has 1 nitrogen and oxygen atoms in total. The van der Waals surface area contributed by atoms with Crippen molar-refractivity contribution in [3.63, 3.8) is 0 Å². The van der Waals surface area contributed by atoms with E-state index < -0.39 is 0 Å². The number of hydrogen-bond acceptors (Lipinski definition) is 2. The Kier molecular flexibility index (Phi) is 7.33. The van der Waals surface area contributed by atoms with Crippen molar-refractivity contribution in [2.75, 3.05) is 0 Å². The molecule has 138 valence electrons. The molecule has 3 fully saturated rings. The molecule has 4 unspecified atom stereocenters. The van der Waals surface area contributed by atoms with E-state index in [9.17, 15) is 0 Å². The molecular formula is C21H37NS2. The summed E-state index contributed by atoms with van der Waals surface area (Å²) in [6.07, 6.45) is 21.5. The first-order chi connectivity index (χ1) is 11.7. The van der Waals surface area contributed by atoms with Crippen LogP contribution in [0.25, 0.3) is 0 Å². The molecule has 24 heavy (non-hydrogen) atoms. The van der Waals surface area contributed by atoms with Gasteiger partial charge in [-0.1, -0.05) is 102 Å². The number of fused-ring (bicyclic) bond motifs is 1. The van der Waals surface area contributed by atoms with E-state index >= 15 is 0 Å². The molecule has 0 radical (unpaired) electrons. The zero-order chi connectivity index (χ0) is 16.8. The molecule has 0 aromatic heterocycles. The van der Waals surface area contributed by atoms with Gasteiger partial charge in [0, 0.05) is 5.25 Å². The predicted molar refractivity (Wildman–Crippen MR) is 112 cm³/mol. The summed E-state index contributed by atoms with van der Waals surface area (Å²) in [6, 6.07) is 0. The van der Waals surface area contributed by atoms with Crippen molar-refractivity contribution in [3.05, 3.63) is 0 Å². The third-order valence-electron chi connectivity index (χ3n) is 6.94. The third-order valence-corrected chi connectivity index (χ3v) is 8.59. The van der Waals surface area contributed by atoms with Gasteiger partial charge in [-0.25, -0.2) is 0 Å². The summed E-state index contributed by atoms with van der Waals surface area (Å²) in [6.45, 7) is 2.48. The molecule has 2 saturated carbocycles. The molecule has 1 saturated heterocycles. The minimum absolute atomic E-state index is 0.351. The van der Waals surface area contributed by atoms with E-state index in [0.717, 1.165) is 21.4 Å². The van der Waals surface area contributed by atoms with Crippen LogP contribution in [0.15, 0.2) is 0 Å². The summed E-state index contributed by atoms with van der Waals surface area (Å²) in [7, 11) is 0. The van der Waals surface area contributed by atoms with E-state index in [0.29, 0.717) is 5.54 Å². The van der Waals surface area contributed by atoms with E-state index in [2.05, 4.69) is 12.2 Å². The molecule has 3 aliphatic rings. The van der Waals surface area contributed by atoms with Crippen molar-refractivity contribution in [1.29, 1.82) is 0 Å². The van der Waals surface area contributed by atoms with Crippen LogP contribution in [0, 0.1) is 11.8 Å². The first-order valence-corrected chi connectivity index (χ1v) is 12.0. The monoisotopic (exact) mass is 367 g/mol. The SMILES string of the molecule is CC1CCCCCCCCC(C23CCCCC2SC(=S)N3)CCC1. The molecule has 3 heteroatoms. The highest BCUT2D eigenvalue weighted by Gasteiger charge is 2.51. The average Bonchev–Trinajstić information content (AvgIpc) is 2.92. The molecular weight excluding hydrogens is 330 g/mol. The van der Waals surface area contributed by atoms with Crippen LogP contribution in [0.5, 0.6) is 0 Å². The number of rotatable bonds is 1. The first kappa shape index (κ1) is 19.0. The molecule has 1 heterocycles. The van der Waals surface area contributed by atoms with Crippen LogP contribution in [0.2, 0.25) is 0 Å². The van der Waals surface area contributed by atoms with Crippen LogP contribution in [0.4, 0.5) is 0 Å². The average molecular weight is 368 g/mol. The first-order valence-electron chi connectivity index (χ1n) is 10.7. The standard InChI is InChI=1S/C21H37NS2/c1-17-11-6-4-2-3-5-7-13-18(14-10-12-17)21-16-9-8-15-19(21)24-20(23)22-21/h17-19H,2-16H2,1H3,(H,22,23). The lowest BCUT2D eigenvalue weighted by Gasteiger charge is -2.45. The van der Waals surface area contributed by atoms with Crippen LogP contribution in [-0.4, -0.2) is 15.1 Å². The maximum atomic E-state index is 5.61. The fourth-order valence-electron chi connectivity index (χ4n) is 5.50. The van der Waals surface area contributed by atoms with E-state index in [1.807, 2.05) is 11.8 Å². The number of nitrogens with one attached hydrogen (secondary N) is 1. The smallest absolute Gasteiger partial charge is 0.134 e. The Bertz CT molecular complexity index is 411. The van der Waals surface area contributed by atoms with Gasteiger partial charge in [0.15, 0.2) is 0 Å². The van der Waals surface area contributed by atoms with Gasteiger partial charge in [-0.2, -0.15) is 0 Å². The van der Waals surface area contributed by atoms with Crippen molar-refractivity contribution in [3.8, 4) is 0 Å². The Morgan fingerprint density at radius 1 is 0.833 bits per heavy atom. The van der Waals surface area contributed by atoms with Crippen LogP contribution in [-0.2, 0) is 0 Å². The fourth-order valence-corrected chi connectivity index (χ4v) is 7.41. The Morgan fingerprint density at radius 3 is 2.29 bits per heavy atom. The van der Waals surface area contributed by atoms with Crippen molar-refractivity contribution in [2.45, 2.75) is 114 Å². The maximum absolute atomic E-state index is 5.61. The second kappa shape index (κ2) is 9.26. The molecule has 0 spiro atoms. The van der Waals surface area contributed by atoms with E-state index in [4.69, 9.17) is 12.2 Å². The van der Waals surface area contributed by atoms with Crippen LogP contribution in [0.1, 0.15) is 103 Å². The highest BCUT2D eigenvalue weighted by Crippen LogP contribution is 2.49. The Balaban J connectivity index is 1.68. The highest BCUT2D eigenvalue weighted by atomic mass is 32.2. The van der Waals surface area contributed by atoms with Gasteiger partial charge in [-0.15, -0.1) is 0 Å². The predicted octanol–water partition coefficient (Wildman–Crippen LogP) is 6.85. The molecule has 4 atom stereocenters. The number of hydrogen-bond donors (Lipinski definition) is 1. The summed E-state index contributed by atoms with van der Waals surface area (Å²) >= 11 is 7.61. The highest BCUT2D eigenvalue weighted by molar-refractivity contribution is 8.23. The lowest BCUT2D eigenvalue weighted by Crippen LogP contribution is -2.55. The van der Waals surface area contributed by atoms with Gasteiger partial charge in [0.05, 0.1) is 5.54 Å². The van der Waals surface area contributed by atoms with Crippen LogP contribution in [0.3, 0.4) is 0 Å². The van der Waals surface area contributed by atoms with Gasteiger partial charge in [-0.3, -0.25) is 0 Å². The van der Waals surface area contributed by atoms with Gasteiger partial charge in [0.25, 0.3) is 0 Å². The molecule has 0 aromatic carbocycles. The van der Waals surface area contributed by atoms with Crippen LogP contribution >= 0.6 is 24.0 Å². The second-order valence-electron chi connectivity index (χ2n) is 8.74. The maximum Gasteiger partial charge on any atom is 0.134 e. The minimum atomic E-state index is 0.351. The molecule has 2 aliphatic carbocycles. The van der Waals surface area contributed by atoms with Gasteiger partial charge in [0.2, 0.25) is 0 Å². The van der Waals surface area contributed by atoms with Crippen LogP contribution < -0.4 is 5.32 Å². The number of thiocarbonyl (C=S) groups is 1. The summed E-state index contributed by atoms with van der Waals surface area (Å²) in [5, 5.41) is 4.63. The second-order valence-corrected chi connectivity index (χ2v) is 10.6. The molecule has 0 bridgehead atoms. The van der Waals surface area contributed by atoms with E-state index in [1.165, 1.54) is 96.3 Å². The lowest BCUT2D eigenvalue weighted by atomic mass is 9.69. The van der Waals surface area contributed by atoms with Gasteiger partial charge in [0.1, 0.15) is 4.32 Å². The fraction of sp³-hybridized carbons (Fsp3) is 0.952. The third kappa shape index (κ3) is 4.69. The van der Waals surface area contributed by atoms with Crippen molar-refractivity contribution < 1.29 is 0 Å². The van der Waals surface area contributed by atoms with Gasteiger partial charge in [-0.05, 0) is 37.5 Å². The normalized spacial score (nSPS) is 39.9. The van der Waals surface area contributed by atoms with Crippen molar-refractivity contribution in [2.24, 2.45) is 11.8 Å². The Morgan fingerprint density at radius 2 is 1.46 bits per heavy atom. The zero-order valence-electron chi connectivity index (χ0n) is 15.7. The molecule has 1 aliphatic heterocycles. The summed E-state index contributed by atoms with van der Waals surface area (Å²) < 4.78 is 1.10.